The number of nitrogens with zero attached hydrogens (tertiary/aromatic N) is 2. The van der Waals surface area contributed by atoms with Gasteiger partial charge in [0.25, 0.3) is 0 Å². The van der Waals surface area contributed by atoms with E-state index in [2.05, 4.69) is 30.7 Å². The van der Waals surface area contributed by atoms with Crippen molar-refractivity contribution in [2.75, 3.05) is 13.1 Å². The molecule has 6 atom stereocenters. The Balaban J connectivity index is 1.42. The fourth-order valence-corrected chi connectivity index (χ4v) is 8.54. The van der Waals surface area contributed by atoms with Gasteiger partial charge in [0.15, 0.2) is 0 Å². The predicted molar refractivity (Wildman–Crippen MR) is 123 cm³/mol. The van der Waals surface area contributed by atoms with Crippen molar-refractivity contribution in [1.29, 1.82) is 0 Å². The van der Waals surface area contributed by atoms with Gasteiger partial charge in [-0.3, -0.25) is 4.79 Å². The second kappa shape index (κ2) is 7.72. The van der Waals surface area contributed by atoms with E-state index >= 15 is 0 Å². The van der Waals surface area contributed by atoms with Gasteiger partial charge in [-0.2, -0.15) is 11.3 Å². The van der Waals surface area contributed by atoms with Crippen molar-refractivity contribution in [3.8, 4) is 10.6 Å². The summed E-state index contributed by atoms with van der Waals surface area (Å²) in [4.78, 5) is 21.5. The zero-order chi connectivity index (χ0) is 21.0. The molecule has 1 aliphatic heterocycles. The molecule has 4 nitrogen and oxygen atoms in total. The van der Waals surface area contributed by atoms with Crippen molar-refractivity contribution in [2.24, 2.45) is 23.2 Å². The number of thiazole rings is 1. The Kier molecular flexibility index (Phi) is 5.31. The number of hydrogen-bond acceptors (Lipinski definition) is 5. The van der Waals surface area contributed by atoms with Crippen LogP contribution in [0.3, 0.4) is 0 Å². The first kappa shape index (κ1) is 20.7. The number of rotatable bonds is 3. The smallest absolute Gasteiger partial charge is 0.225 e. The SMILES string of the molecule is C[C@H](C(=O)N1CCCC1)[C@H]1CC[C@@]2(C)Cc3sc(-c4ccsc4)nc3[C@@H](C)[C@@H]2[C@H]1O. The molecule has 1 N–H and O–H groups in total. The molecule has 3 heterocycles. The normalized spacial score (nSPS) is 34.5. The maximum Gasteiger partial charge on any atom is 0.225 e. The highest BCUT2D eigenvalue weighted by Crippen LogP contribution is 2.57. The van der Waals surface area contributed by atoms with Crippen LogP contribution in [-0.2, 0) is 11.2 Å². The zero-order valence-electron chi connectivity index (χ0n) is 18.1. The lowest BCUT2D eigenvalue weighted by atomic mass is 9.53. The van der Waals surface area contributed by atoms with Gasteiger partial charge >= 0.3 is 0 Å². The summed E-state index contributed by atoms with van der Waals surface area (Å²) in [7, 11) is 0. The van der Waals surface area contributed by atoms with Crippen LogP contribution in [0.2, 0.25) is 0 Å². The quantitative estimate of drug-likeness (QED) is 0.709. The fraction of sp³-hybridized carbons (Fsp3) is 0.667. The molecular formula is C24H32N2O2S2. The van der Waals surface area contributed by atoms with Crippen LogP contribution in [0.25, 0.3) is 10.6 Å². The molecule has 1 saturated heterocycles. The van der Waals surface area contributed by atoms with E-state index in [9.17, 15) is 9.90 Å². The minimum absolute atomic E-state index is 0.0511. The minimum Gasteiger partial charge on any atom is -0.392 e. The molecule has 0 bridgehead atoms. The number of aromatic nitrogens is 1. The number of hydrogen-bond donors (Lipinski definition) is 1. The van der Waals surface area contributed by atoms with E-state index in [0.29, 0.717) is 0 Å². The molecule has 5 rings (SSSR count). The minimum atomic E-state index is -0.445. The van der Waals surface area contributed by atoms with Crippen LogP contribution in [0.1, 0.15) is 62.9 Å². The molecule has 0 unspecified atom stereocenters. The van der Waals surface area contributed by atoms with Gasteiger partial charge in [0.2, 0.25) is 5.91 Å². The Morgan fingerprint density at radius 3 is 2.83 bits per heavy atom. The molecule has 1 amide bonds. The lowest BCUT2D eigenvalue weighted by Gasteiger charge is -2.53. The molecular weight excluding hydrogens is 412 g/mol. The number of fused-ring (bicyclic) bond motifs is 2. The molecule has 162 valence electrons. The summed E-state index contributed by atoms with van der Waals surface area (Å²) in [5.74, 6) is 0.574. The van der Waals surface area contributed by atoms with Crippen LogP contribution < -0.4 is 0 Å². The summed E-state index contributed by atoms with van der Waals surface area (Å²) in [5, 5.41) is 17.0. The maximum absolute atomic E-state index is 13.0. The Bertz CT molecular complexity index is 918. The third-order valence-corrected chi connectivity index (χ3v) is 9.94. The highest BCUT2D eigenvalue weighted by Gasteiger charge is 2.54. The maximum atomic E-state index is 13.0. The van der Waals surface area contributed by atoms with Crippen LogP contribution >= 0.6 is 22.7 Å². The monoisotopic (exact) mass is 444 g/mol. The first-order chi connectivity index (χ1) is 14.4. The fourth-order valence-electron chi connectivity index (χ4n) is 6.46. The number of aliphatic hydroxyl groups excluding tert-OH is 1. The molecule has 2 fully saturated rings. The third kappa shape index (κ3) is 3.26. The number of carbonyl (C=O) groups excluding carboxylic acids is 1. The standard InChI is InChI=1S/C24H32N2O2S2/c1-14(23(28)26-9-4-5-10-26)17-6-8-24(3)12-18-20(15(2)19(24)21(17)27)25-22(30-18)16-7-11-29-13-16/h7,11,13-15,17,19,21,27H,4-6,8-10,12H2,1-3H3/t14-,15-,17+,19+,21-,24-/m0/s1. The summed E-state index contributed by atoms with van der Waals surface area (Å²) in [5.41, 5.74) is 2.47. The molecule has 0 radical (unpaired) electrons. The molecule has 2 aliphatic carbocycles. The number of thiophene rings is 1. The predicted octanol–water partition coefficient (Wildman–Crippen LogP) is 5.18. The molecule has 3 aliphatic rings. The van der Waals surface area contributed by atoms with Gasteiger partial charge in [-0.25, -0.2) is 4.98 Å². The molecule has 1 saturated carbocycles. The van der Waals surface area contributed by atoms with Crippen molar-refractivity contribution in [2.45, 2.75) is 64.9 Å². The summed E-state index contributed by atoms with van der Waals surface area (Å²) in [6.07, 6.45) is 4.79. The van der Waals surface area contributed by atoms with E-state index in [4.69, 9.17) is 4.98 Å². The van der Waals surface area contributed by atoms with Gasteiger partial charge < -0.3 is 10.0 Å². The molecule has 2 aromatic heterocycles. The summed E-state index contributed by atoms with van der Waals surface area (Å²) in [6.45, 7) is 8.42. The van der Waals surface area contributed by atoms with Gasteiger partial charge in [0.05, 0.1) is 11.8 Å². The third-order valence-electron chi connectivity index (χ3n) is 8.14. The van der Waals surface area contributed by atoms with Crippen LogP contribution in [0.15, 0.2) is 16.8 Å². The van der Waals surface area contributed by atoms with E-state index in [1.165, 1.54) is 16.1 Å². The van der Waals surface area contributed by atoms with Crippen LogP contribution in [-0.4, -0.2) is 40.1 Å². The van der Waals surface area contributed by atoms with Gasteiger partial charge in [-0.05, 0) is 60.8 Å². The summed E-state index contributed by atoms with van der Waals surface area (Å²) >= 11 is 3.54. The number of carbonyl (C=O) groups is 1. The number of amides is 1. The largest absolute Gasteiger partial charge is 0.392 e. The summed E-state index contributed by atoms with van der Waals surface area (Å²) in [6, 6.07) is 2.14. The van der Waals surface area contributed by atoms with Gasteiger partial charge in [0, 0.05) is 40.7 Å². The second-order valence-corrected chi connectivity index (χ2v) is 11.9. The highest BCUT2D eigenvalue weighted by molar-refractivity contribution is 7.15. The lowest BCUT2D eigenvalue weighted by Crippen LogP contribution is -2.53. The van der Waals surface area contributed by atoms with Gasteiger partial charge in [-0.1, -0.05) is 20.8 Å². The second-order valence-electron chi connectivity index (χ2n) is 10.00. The average Bonchev–Trinajstić information content (AvgIpc) is 3.46. The van der Waals surface area contributed by atoms with E-state index in [1.54, 1.807) is 11.3 Å². The van der Waals surface area contributed by atoms with Crippen molar-refractivity contribution in [3.05, 3.63) is 27.4 Å². The molecule has 6 heteroatoms. The van der Waals surface area contributed by atoms with Gasteiger partial charge in [0.1, 0.15) is 5.01 Å². The average molecular weight is 445 g/mol. The molecule has 2 aromatic rings. The number of aliphatic hydroxyl groups is 1. The first-order valence-corrected chi connectivity index (χ1v) is 13.1. The number of likely N-dealkylation sites (tertiary alicyclic amines) is 1. The Labute approximate surface area is 187 Å². The molecule has 30 heavy (non-hydrogen) atoms. The molecule has 0 spiro atoms. The highest BCUT2D eigenvalue weighted by atomic mass is 32.1. The van der Waals surface area contributed by atoms with Crippen LogP contribution in [0.4, 0.5) is 0 Å². The first-order valence-electron chi connectivity index (χ1n) is 11.4. The van der Waals surface area contributed by atoms with Crippen molar-refractivity contribution in [3.63, 3.8) is 0 Å². The summed E-state index contributed by atoms with van der Waals surface area (Å²) < 4.78 is 0. The zero-order valence-corrected chi connectivity index (χ0v) is 19.8. The van der Waals surface area contributed by atoms with Crippen molar-refractivity contribution in [1.82, 2.24) is 9.88 Å². The Morgan fingerprint density at radius 2 is 2.13 bits per heavy atom. The van der Waals surface area contributed by atoms with E-state index in [0.717, 1.165) is 50.2 Å². The van der Waals surface area contributed by atoms with Crippen molar-refractivity contribution >= 4 is 28.6 Å². The Morgan fingerprint density at radius 1 is 1.37 bits per heavy atom. The Hall–Kier alpha value is -1.24. The van der Waals surface area contributed by atoms with Crippen LogP contribution in [0, 0.1) is 23.2 Å². The van der Waals surface area contributed by atoms with Crippen LogP contribution in [0.5, 0.6) is 0 Å². The van der Waals surface area contributed by atoms with E-state index in [-0.39, 0.29) is 35.0 Å². The van der Waals surface area contributed by atoms with Gasteiger partial charge in [-0.15, -0.1) is 11.3 Å². The lowest BCUT2D eigenvalue weighted by molar-refractivity contribution is -0.143. The van der Waals surface area contributed by atoms with Crippen molar-refractivity contribution < 1.29 is 9.90 Å². The van der Waals surface area contributed by atoms with E-state index in [1.807, 2.05) is 23.2 Å². The van der Waals surface area contributed by atoms with E-state index < -0.39 is 6.10 Å². The topological polar surface area (TPSA) is 53.4 Å². The molecule has 0 aromatic carbocycles.